The fourth-order valence-electron chi connectivity index (χ4n) is 1.90. The SMILES string of the molecule is Clc1ncccc1NCc1ccc(-n2cccn2)cc1. The first-order chi connectivity index (χ1) is 9.83. The van der Waals surface area contributed by atoms with E-state index in [0.717, 1.165) is 11.4 Å². The van der Waals surface area contributed by atoms with Gasteiger partial charge in [-0.15, -0.1) is 0 Å². The van der Waals surface area contributed by atoms with Crippen LogP contribution in [0.4, 0.5) is 5.69 Å². The monoisotopic (exact) mass is 284 g/mol. The maximum Gasteiger partial charge on any atom is 0.152 e. The van der Waals surface area contributed by atoms with Crippen LogP contribution in [-0.4, -0.2) is 14.8 Å². The molecule has 0 bridgehead atoms. The first-order valence-electron chi connectivity index (χ1n) is 6.26. The average molecular weight is 285 g/mol. The van der Waals surface area contributed by atoms with Gasteiger partial charge in [0.05, 0.1) is 11.4 Å². The van der Waals surface area contributed by atoms with Gasteiger partial charge in [-0.25, -0.2) is 9.67 Å². The minimum Gasteiger partial charge on any atom is -0.378 e. The number of nitrogens with zero attached hydrogens (tertiary/aromatic N) is 3. The number of benzene rings is 1. The molecule has 3 rings (SSSR count). The van der Waals surface area contributed by atoms with Crippen molar-refractivity contribution in [2.24, 2.45) is 0 Å². The van der Waals surface area contributed by atoms with Gasteiger partial charge < -0.3 is 5.32 Å². The van der Waals surface area contributed by atoms with Crippen LogP contribution in [0.5, 0.6) is 0 Å². The zero-order valence-corrected chi connectivity index (χ0v) is 11.5. The third kappa shape index (κ3) is 2.81. The van der Waals surface area contributed by atoms with Crippen LogP contribution in [0.1, 0.15) is 5.56 Å². The highest BCUT2D eigenvalue weighted by Crippen LogP contribution is 2.18. The highest BCUT2D eigenvalue weighted by atomic mass is 35.5. The Balaban J connectivity index is 1.68. The number of hydrogen-bond donors (Lipinski definition) is 1. The summed E-state index contributed by atoms with van der Waals surface area (Å²) >= 11 is 6.00. The van der Waals surface area contributed by atoms with E-state index in [9.17, 15) is 0 Å². The van der Waals surface area contributed by atoms with E-state index < -0.39 is 0 Å². The minimum absolute atomic E-state index is 0.487. The molecule has 0 spiro atoms. The zero-order chi connectivity index (χ0) is 13.8. The van der Waals surface area contributed by atoms with Crippen LogP contribution in [0, 0.1) is 0 Å². The molecule has 0 aliphatic carbocycles. The van der Waals surface area contributed by atoms with Crippen LogP contribution in [0.15, 0.2) is 61.1 Å². The number of rotatable bonds is 4. The number of hydrogen-bond acceptors (Lipinski definition) is 3. The Hall–Kier alpha value is -2.33. The Morgan fingerprint density at radius 2 is 1.90 bits per heavy atom. The quantitative estimate of drug-likeness (QED) is 0.745. The smallest absolute Gasteiger partial charge is 0.152 e. The summed E-state index contributed by atoms with van der Waals surface area (Å²) < 4.78 is 1.83. The van der Waals surface area contributed by atoms with Crippen LogP contribution in [0.2, 0.25) is 5.15 Å². The van der Waals surface area contributed by atoms with Crippen molar-refractivity contribution in [1.82, 2.24) is 14.8 Å². The number of pyridine rings is 1. The number of halogens is 1. The van der Waals surface area contributed by atoms with Crippen LogP contribution >= 0.6 is 11.6 Å². The second-order valence-electron chi connectivity index (χ2n) is 4.31. The molecule has 3 aromatic rings. The van der Waals surface area contributed by atoms with Crippen molar-refractivity contribution >= 4 is 17.3 Å². The molecule has 2 aromatic heterocycles. The van der Waals surface area contributed by atoms with Crippen molar-refractivity contribution in [3.8, 4) is 5.69 Å². The van der Waals surface area contributed by atoms with E-state index in [0.29, 0.717) is 11.7 Å². The summed E-state index contributed by atoms with van der Waals surface area (Å²) in [6.07, 6.45) is 5.36. The topological polar surface area (TPSA) is 42.7 Å². The molecule has 4 nitrogen and oxygen atoms in total. The lowest BCUT2D eigenvalue weighted by Gasteiger charge is -2.08. The van der Waals surface area contributed by atoms with Crippen molar-refractivity contribution in [3.05, 3.63) is 71.8 Å². The van der Waals surface area contributed by atoms with Crippen LogP contribution < -0.4 is 5.32 Å². The van der Waals surface area contributed by atoms with Gasteiger partial charge in [0.25, 0.3) is 0 Å². The largest absolute Gasteiger partial charge is 0.378 e. The number of aromatic nitrogens is 3. The third-order valence-corrected chi connectivity index (χ3v) is 3.25. The first-order valence-corrected chi connectivity index (χ1v) is 6.64. The van der Waals surface area contributed by atoms with Gasteiger partial charge in [-0.1, -0.05) is 23.7 Å². The van der Waals surface area contributed by atoms with Gasteiger partial charge in [-0.2, -0.15) is 5.10 Å². The lowest BCUT2D eigenvalue weighted by molar-refractivity contribution is 0.879. The molecule has 0 unspecified atom stereocenters. The van der Waals surface area contributed by atoms with Crippen molar-refractivity contribution in [2.45, 2.75) is 6.54 Å². The molecule has 0 aliphatic rings. The molecule has 0 atom stereocenters. The van der Waals surface area contributed by atoms with Gasteiger partial charge in [0, 0.05) is 25.1 Å². The summed E-state index contributed by atoms with van der Waals surface area (Å²) in [5.41, 5.74) is 3.05. The minimum atomic E-state index is 0.487. The fraction of sp³-hybridized carbons (Fsp3) is 0.0667. The predicted molar refractivity (Wildman–Crippen MR) is 80.1 cm³/mol. The van der Waals surface area contributed by atoms with Gasteiger partial charge >= 0.3 is 0 Å². The van der Waals surface area contributed by atoms with Gasteiger partial charge in [0.15, 0.2) is 5.15 Å². The molecule has 2 heterocycles. The molecule has 0 radical (unpaired) electrons. The molecule has 0 aliphatic heterocycles. The van der Waals surface area contributed by atoms with E-state index >= 15 is 0 Å². The van der Waals surface area contributed by atoms with Crippen molar-refractivity contribution in [3.63, 3.8) is 0 Å². The van der Waals surface area contributed by atoms with Gasteiger partial charge in [-0.05, 0) is 35.9 Å². The summed E-state index contributed by atoms with van der Waals surface area (Å²) in [6.45, 7) is 0.699. The van der Waals surface area contributed by atoms with E-state index in [1.165, 1.54) is 5.56 Å². The normalized spacial score (nSPS) is 10.4. The summed E-state index contributed by atoms with van der Waals surface area (Å²) in [6, 6.07) is 13.9. The third-order valence-electron chi connectivity index (χ3n) is 2.95. The molecule has 20 heavy (non-hydrogen) atoms. The maximum absolute atomic E-state index is 6.00. The first kappa shape index (κ1) is 12.7. The van der Waals surface area contributed by atoms with Gasteiger partial charge in [0.1, 0.15) is 0 Å². The van der Waals surface area contributed by atoms with Crippen LogP contribution in [0.25, 0.3) is 5.69 Å². The Bertz CT molecular complexity index is 677. The van der Waals surface area contributed by atoms with Crippen molar-refractivity contribution in [1.29, 1.82) is 0 Å². The molecule has 100 valence electrons. The standard InChI is InChI=1S/C15H13ClN4/c16-15-14(3-1-8-17-15)18-11-12-4-6-13(7-5-12)20-10-2-9-19-20/h1-10,18H,11H2. The van der Waals surface area contributed by atoms with Gasteiger partial charge in [0.2, 0.25) is 0 Å². The number of anilines is 1. The number of nitrogens with one attached hydrogen (secondary N) is 1. The molecule has 0 saturated heterocycles. The lowest BCUT2D eigenvalue weighted by atomic mass is 10.2. The molecule has 0 saturated carbocycles. The summed E-state index contributed by atoms with van der Waals surface area (Å²) in [4.78, 5) is 4.03. The Morgan fingerprint density at radius 1 is 1.05 bits per heavy atom. The second-order valence-corrected chi connectivity index (χ2v) is 4.67. The lowest BCUT2D eigenvalue weighted by Crippen LogP contribution is -2.01. The zero-order valence-electron chi connectivity index (χ0n) is 10.7. The predicted octanol–water partition coefficient (Wildman–Crippen LogP) is 3.53. The summed E-state index contributed by atoms with van der Waals surface area (Å²) in [5, 5.41) is 7.95. The Labute approximate surface area is 122 Å². The van der Waals surface area contributed by atoms with Crippen molar-refractivity contribution in [2.75, 3.05) is 5.32 Å². The van der Waals surface area contributed by atoms with E-state index in [4.69, 9.17) is 11.6 Å². The maximum atomic E-state index is 6.00. The molecule has 1 aromatic carbocycles. The van der Waals surface area contributed by atoms with E-state index in [1.54, 1.807) is 12.4 Å². The summed E-state index contributed by atoms with van der Waals surface area (Å²) in [5.74, 6) is 0. The Kier molecular flexibility index (Phi) is 3.65. The van der Waals surface area contributed by atoms with Gasteiger partial charge in [-0.3, -0.25) is 0 Å². The molecule has 5 heteroatoms. The Morgan fingerprint density at radius 3 is 2.60 bits per heavy atom. The highest BCUT2D eigenvalue weighted by molar-refractivity contribution is 6.31. The van der Waals surface area contributed by atoms with Crippen molar-refractivity contribution < 1.29 is 0 Å². The molecule has 0 amide bonds. The molecule has 1 N–H and O–H groups in total. The van der Waals surface area contributed by atoms with E-state index in [-0.39, 0.29) is 0 Å². The summed E-state index contributed by atoms with van der Waals surface area (Å²) in [7, 11) is 0. The molecule has 0 fully saturated rings. The highest BCUT2D eigenvalue weighted by Gasteiger charge is 2.00. The second kappa shape index (κ2) is 5.75. The van der Waals surface area contributed by atoms with E-state index in [1.807, 2.05) is 41.2 Å². The van der Waals surface area contributed by atoms with Crippen LogP contribution in [0.3, 0.4) is 0 Å². The average Bonchev–Trinajstić information content (AvgIpc) is 3.01. The molecular weight excluding hydrogens is 272 g/mol. The fourth-order valence-corrected chi connectivity index (χ4v) is 2.09. The van der Waals surface area contributed by atoms with E-state index in [2.05, 4.69) is 27.5 Å². The molecular formula is C15H13ClN4. The van der Waals surface area contributed by atoms with Crippen LogP contribution in [-0.2, 0) is 6.54 Å².